The zero-order valence-electron chi connectivity index (χ0n) is 11.1. The molecule has 0 bridgehead atoms. The molecule has 0 spiro atoms. The number of hydrogen-bond acceptors (Lipinski definition) is 2. The summed E-state index contributed by atoms with van der Waals surface area (Å²) >= 11 is 2.90. The first kappa shape index (κ1) is 23.7. The molecule has 0 aliphatic heterocycles. The average molecular weight is 462 g/mol. The maximum atomic E-state index is 12.6. The molecule has 0 fully saturated rings. The SMILES string of the molecule is Br.C=O.C[C@@H](OCBr)c1cc(C(F)(F)F)cc(C(F)(F)F)c1. The summed E-state index contributed by atoms with van der Waals surface area (Å²) in [5.41, 5.74) is -2.86. The third-order valence-electron chi connectivity index (χ3n) is 2.39. The number of benzene rings is 1. The maximum Gasteiger partial charge on any atom is 0.416 e. The van der Waals surface area contributed by atoms with Gasteiger partial charge in [-0.3, -0.25) is 0 Å². The Hall–Kier alpha value is -0.610. The van der Waals surface area contributed by atoms with Crippen molar-refractivity contribution in [1.82, 2.24) is 0 Å². The summed E-state index contributed by atoms with van der Waals surface area (Å²) in [5, 5.41) is 0. The van der Waals surface area contributed by atoms with E-state index in [4.69, 9.17) is 9.53 Å². The molecule has 0 aliphatic carbocycles. The molecular weight excluding hydrogens is 450 g/mol. The molecule has 10 heteroatoms. The van der Waals surface area contributed by atoms with Crippen LogP contribution in [0.1, 0.15) is 29.7 Å². The maximum absolute atomic E-state index is 12.6. The molecule has 0 radical (unpaired) electrons. The van der Waals surface area contributed by atoms with Gasteiger partial charge in [-0.15, -0.1) is 17.0 Å². The standard InChI is InChI=1S/C11H9BrF6O.CH2O.BrH/c1-6(19-5-12)7-2-8(10(13,14)15)4-9(3-7)11(16,17)18;1-2;/h2-4,6H,5H2,1H3;1H2;1H/t6-;;/m1../s1. The van der Waals surface area contributed by atoms with Crippen LogP contribution in [0.25, 0.3) is 0 Å². The second-order valence-electron chi connectivity index (χ2n) is 3.76. The summed E-state index contributed by atoms with van der Waals surface area (Å²) < 4.78 is 80.4. The Kier molecular flexibility index (Phi) is 10.2. The third kappa shape index (κ3) is 7.10. The van der Waals surface area contributed by atoms with Gasteiger partial charge in [0.1, 0.15) is 12.3 Å². The molecule has 0 unspecified atom stereocenters. The molecule has 1 aromatic rings. The Balaban J connectivity index is 0. The zero-order valence-corrected chi connectivity index (χ0v) is 14.4. The van der Waals surface area contributed by atoms with E-state index in [1.54, 1.807) is 0 Å². The van der Waals surface area contributed by atoms with Crippen LogP contribution in [0.5, 0.6) is 0 Å². The van der Waals surface area contributed by atoms with Crippen molar-refractivity contribution in [1.29, 1.82) is 0 Å². The molecule has 0 N–H and O–H groups in total. The monoisotopic (exact) mass is 460 g/mol. The predicted molar refractivity (Wildman–Crippen MR) is 77.2 cm³/mol. The van der Waals surface area contributed by atoms with Crippen molar-refractivity contribution >= 4 is 39.7 Å². The summed E-state index contributed by atoms with van der Waals surface area (Å²) in [7, 11) is 0. The van der Waals surface area contributed by atoms with Crippen LogP contribution in [0.15, 0.2) is 18.2 Å². The van der Waals surface area contributed by atoms with Gasteiger partial charge >= 0.3 is 12.4 Å². The smallest absolute Gasteiger partial charge is 0.363 e. The van der Waals surface area contributed by atoms with Crippen molar-refractivity contribution in [3.63, 3.8) is 0 Å². The van der Waals surface area contributed by atoms with Gasteiger partial charge in [0.15, 0.2) is 0 Å². The van der Waals surface area contributed by atoms with Gasteiger partial charge in [0.2, 0.25) is 0 Å². The topological polar surface area (TPSA) is 26.3 Å². The van der Waals surface area contributed by atoms with Crippen LogP contribution in [-0.2, 0) is 21.9 Å². The van der Waals surface area contributed by atoms with Crippen LogP contribution in [0.2, 0.25) is 0 Å². The molecule has 0 amide bonds. The minimum atomic E-state index is -4.84. The highest BCUT2D eigenvalue weighted by Gasteiger charge is 2.37. The third-order valence-corrected chi connectivity index (χ3v) is 2.66. The van der Waals surface area contributed by atoms with Gasteiger partial charge in [0.25, 0.3) is 0 Å². The lowest BCUT2D eigenvalue weighted by atomic mass is 10.0. The van der Waals surface area contributed by atoms with E-state index in [1.807, 2.05) is 6.79 Å². The minimum Gasteiger partial charge on any atom is -0.363 e. The fourth-order valence-corrected chi connectivity index (χ4v) is 1.80. The fourth-order valence-electron chi connectivity index (χ4n) is 1.40. The lowest BCUT2D eigenvalue weighted by Crippen LogP contribution is -2.13. The molecular formula is C12H12Br2F6O2. The van der Waals surface area contributed by atoms with Crippen molar-refractivity contribution in [2.24, 2.45) is 0 Å². The summed E-state index contributed by atoms with van der Waals surface area (Å²) in [6, 6.07) is 1.40. The summed E-state index contributed by atoms with van der Waals surface area (Å²) in [4.78, 5) is 8.00. The van der Waals surface area contributed by atoms with Crippen LogP contribution in [0.4, 0.5) is 26.3 Å². The van der Waals surface area contributed by atoms with Crippen molar-refractivity contribution in [3.8, 4) is 0 Å². The van der Waals surface area contributed by atoms with E-state index < -0.39 is 29.6 Å². The predicted octanol–water partition coefficient (Wildman–Crippen LogP) is 5.55. The number of hydrogen-bond donors (Lipinski definition) is 0. The lowest BCUT2D eigenvalue weighted by Gasteiger charge is -2.17. The van der Waals surface area contributed by atoms with Gasteiger partial charge in [-0.25, -0.2) is 0 Å². The second-order valence-corrected chi connectivity index (χ2v) is 4.22. The highest BCUT2D eigenvalue weighted by Crippen LogP contribution is 2.37. The van der Waals surface area contributed by atoms with Crippen LogP contribution < -0.4 is 0 Å². The highest BCUT2D eigenvalue weighted by atomic mass is 79.9. The van der Waals surface area contributed by atoms with Crippen molar-refractivity contribution in [3.05, 3.63) is 34.9 Å². The van der Waals surface area contributed by atoms with Crippen LogP contribution >= 0.6 is 32.9 Å². The molecule has 1 atom stereocenters. The molecule has 0 saturated heterocycles. The molecule has 128 valence electrons. The number of carbonyl (C=O) groups excluding carboxylic acids is 1. The Morgan fingerprint density at radius 3 is 1.68 bits per heavy atom. The van der Waals surface area contributed by atoms with Gasteiger partial charge in [0, 0.05) is 0 Å². The molecule has 2 nitrogen and oxygen atoms in total. The molecule has 0 aliphatic rings. The van der Waals surface area contributed by atoms with Gasteiger partial charge in [0.05, 0.1) is 17.2 Å². The van der Waals surface area contributed by atoms with Crippen molar-refractivity contribution in [2.75, 3.05) is 5.52 Å². The first-order chi connectivity index (χ1) is 9.55. The molecule has 1 rings (SSSR count). The second kappa shape index (κ2) is 9.51. The summed E-state index contributed by atoms with van der Waals surface area (Å²) in [5.74, 6) is 0. The number of rotatable bonds is 3. The number of carbonyl (C=O) groups is 1. The highest BCUT2D eigenvalue weighted by molar-refractivity contribution is 9.09. The molecule has 1 aromatic carbocycles. The molecule has 0 heterocycles. The van der Waals surface area contributed by atoms with E-state index in [-0.39, 0.29) is 34.1 Å². The number of alkyl halides is 7. The van der Waals surface area contributed by atoms with Crippen molar-refractivity contribution in [2.45, 2.75) is 25.4 Å². The summed E-state index contributed by atoms with van der Waals surface area (Å²) in [6.07, 6.45) is -10.6. The fraction of sp³-hybridized carbons (Fsp3) is 0.417. The first-order valence-electron chi connectivity index (χ1n) is 5.31. The van der Waals surface area contributed by atoms with E-state index in [2.05, 4.69) is 15.9 Å². The van der Waals surface area contributed by atoms with Gasteiger partial charge in [-0.1, -0.05) is 15.9 Å². The van der Waals surface area contributed by atoms with Gasteiger partial charge < -0.3 is 9.53 Å². The van der Waals surface area contributed by atoms with E-state index in [0.717, 1.165) is 0 Å². The van der Waals surface area contributed by atoms with Gasteiger partial charge in [-0.05, 0) is 30.7 Å². The average Bonchev–Trinajstić information content (AvgIpc) is 2.39. The van der Waals surface area contributed by atoms with E-state index in [0.29, 0.717) is 12.1 Å². The normalized spacial score (nSPS) is 12.7. The lowest BCUT2D eigenvalue weighted by molar-refractivity contribution is -0.143. The van der Waals surface area contributed by atoms with Crippen LogP contribution in [0, 0.1) is 0 Å². The number of ether oxygens (including phenoxy) is 1. The minimum absolute atomic E-state index is 0. The van der Waals surface area contributed by atoms with E-state index >= 15 is 0 Å². The van der Waals surface area contributed by atoms with Gasteiger partial charge in [-0.2, -0.15) is 26.3 Å². The Morgan fingerprint density at radius 2 is 1.41 bits per heavy atom. The Labute approximate surface area is 141 Å². The Morgan fingerprint density at radius 1 is 1.05 bits per heavy atom. The van der Waals surface area contributed by atoms with Crippen LogP contribution in [-0.4, -0.2) is 12.3 Å². The quantitative estimate of drug-likeness (QED) is 0.436. The van der Waals surface area contributed by atoms with Crippen LogP contribution in [0.3, 0.4) is 0 Å². The zero-order chi connectivity index (χ0) is 16.8. The molecule has 22 heavy (non-hydrogen) atoms. The molecule has 0 saturated carbocycles. The van der Waals surface area contributed by atoms with E-state index in [1.165, 1.54) is 6.92 Å². The largest absolute Gasteiger partial charge is 0.416 e. The number of halogens is 8. The van der Waals surface area contributed by atoms with E-state index in [9.17, 15) is 26.3 Å². The van der Waals surface area contributed by atoms with Crippen molar-refractivity contribution < 1.29 is 35.9 Å². The Bertz CT molecular complexity index is 430. The summed E-state index contributed by atoms with van der Waals surface area (Å²) in [6.45, 7) is 3.37. The molecule has 0 aromatic heterocycles. The first-order valence-corrected chi connectivity index (χ1v) is 6.43.